The highest BCUT2D eigenvalue weighted by atomic mass is 16.5. The fourth-order valence-electron chi connectivity index (χ4n) is 3.57. The van der Waals surface area contributed by atoms with Crippen molar-refractivity contribution in [2.45, 2.75) is 26.3 Å². The Morgan fingerprint density at radius 2 is 2.11 bits per heavy atom. The highest BCUT2D eigenvalue weighted by Crippen LogP contribution is 2.27. The van der Waals surface area contributed by atoms with E-state index in [4.69, 9.17) is 4.74 Å². The molecule has 0 spiro atoms. The number of aldehydes is 1. The summed E-state index contributed by atoms with van der Waals surface area (Å²) in [6.45, 7) is 4.90. The number of aromatic nitrogens is 4. The second-order valence-corrected chi connectivity index (χ2v) is 6.78. The number of rotatable bonds is 6. The van der Waals surface area contributed by atoms with Crippen molar-refractivity contribution >= 4 is 23.1 Å². The second kappa shape index (κ2) is 7.73. The lowest BCUT2D eigenvalue weighted by molar-refractivity contribution is -0.111. The van der Waals surface area contributed by atoms with Crippen LogP contribution in [-0.4, -0.2) is 45.7 Å². The monoisotopic (exact) mass is 365 g/mol. The average Bonchev–Trinajstić information content (AvgIpc) is 3.12. The predicted octanol–water partition coefficient (Wildman–Crippen LogP) is 2.69. The van der Waals surface area contributed by atoms with Crippen molar-refractivity contribution < 1.29 is 9.53 Å². The first kappa shape index (κ1) is 17.5. The third-order valence-electron chi connectivity index (χ3n) is 4.99. The van der Waals surface area contributed by atoms with E-state index in [-0.39, 0.29) is 5.92 Å². The number of piperidine rings is 1. The van der Waals surface area contributed by atoms with Crippen LogP contribution >= 0.6 is 0 Å². The van der Waals surface area contributed by atoms with Crippen molar-refractivity contribution in [1.82, 2.24) is 19.7 Å². The summed E-state index contributed by atoms with van der Waals surface area (Å²) in [6.07, 6.45) is 6.24. The minimum Gasteiger partial charge on any atom is -0.494 e. The lowest BCUT2D eigenvalue weighted by atomic mass is 9.98. The SMILES string of the molecule is CCOc1cccc(Cn2ncc3c(N4CCC(C=O)CC4)ncnc32)c1. The number of nitrogens with zero attached hydrogens (tertiary/aromatic N) is 5. The predicted molar refractivity (Wildman–Crippen MR) is 103 cm³/mol. The molecule has 3 aromatic rings. The van der Waals surface area contributed by atoms with Crippen LogP contribution in [0.1, 0.15) is 25.3 Å². The van der Waals surface area contributed by atoms with Crippen molar-refractivity contribution in [1.29, 1.82) is 0 Å². The van der Waals surface area contributed by atoms with Crippen molar-refractivity contribution in [3.63, 3.8) is 0 Å². The van der Waals surface area contributed by atoms with Crippen molar-refractivity contribution in [2.75, 3.05) is 24.6 Å². The first-order valence-corrected chi connectivity index (χ1v) is 9.37. The van der Waals surface area contributed by atoms with E-state index in [9.17, 15) is 4.79 Å². The fourth-order valence-corrected chi connectivity index (χ4v) is 3.57. The summed E-state index contributed by atoms with van der Waals surface area (Å²) in [7, 11) is 0. The Morgan fingerprint density at radius 1 is 1.26 bits per heavy atom. The third kappa shape index (κ3) is 3.63. The topological polar surface area (TPSA) is 73.1 Å². The van der Waals surface area contributed by atoms with E-state index < -0.39 is 0 Å². The first-order chi connectivity index (χ1) is 13.3. The standard InChI is InChI=1S/C20H23N5O2/c1-2-27-17-5-3-4-16(10-17)12-25-20-18(11-23-25)19(21-14-22-20)24-8-6-15(13-26)7-9-24/h3-5,10-11,13-15H,2,6-9,12H2,1H3. The van der Waals surface area contributed by atoms with Crippen LogP contribution in [0.5, 0.6) is 5.75 Å². The van der Waals surface area contributed by atoms with Crippen LogP contribution in [-0.2, 0) is 11.3 Å². The van der Waals surface area contributed by atoms with E-state index in [1.54, 1.807) is 6.33 Å². The van der Waals surface area contributed by atoms with Gasteiger partial charge < -0.3 is 14.4 Å². The van der Waals surface area contributed by atoms with Crippen LogP contribution < -0.4 is 9.64 Å². The summed E-state index contributed by atoms with van der Waals surface area (Å²) in [5.41, 5.74) is 1.93. The molecule has 0 atom stereocenters. The van der Waals surface area contributed by atoms with Crippen LogP contribution in [0.15, 0.2) is 36.8 Å². The molecule has 0 radical (unpaired) electrons. The Bertz CT molecular complexity index is 931. The van der Waals surface area contributed by atoms with E-state index in [1.807, 2.05) is 36.0 Å². The molecule has 7 heteroatoms. The number of anilines is 1. The smallest absolute Gasteiger partial charge is 0.163 e. The maximum Gasteiger partial charge on any atom is 0.163 e. The first-order valence-electron chi connectivity index (χ1n) is 9.37. The zero-order valence-corrected chi connectivity index (χ0v) is 15.4. The number of carbonyl (C=O) groups excluding carboxylic acids is 1. The lowest BCUT2D eigenvalue weighted by Gasteiger charge is -2.30. The van der Waals surface area contributed by atoms with E-state index in [0.29, 0.717) is 13.2 Å². The number of hydrogen-bond donors (Lipinski definition) is 0. The van der Waals surface area contributed by atoms with Gasteiger partial charge in [-0.25, -0.2) is 14.6 Å². The second-order valence-electron chi connectivity index (χ2n) is 6.78. The molecule has 1 saturated heterocycles. The average molecular weight is 365 g/mol. The number of benzene rings is 1. The summed E-state index contributed by atoms with van der Waals surface area (Å²) in [6, 6.07) is 8.03. The van der Waals surface area contributed by atoms with Crippen LogP contribution in [0.3, 0.4) is 0 Å². The molecule has 1 aliphatic rings. The minimum absolute atomic E-state index is 0.166. The molecular formula is C20H23N5O2. The molecule has 0 unspecified atom stereocenters. The molecule has 7 nitrogen and oxygen atoms in total. The molecule has 140 valence electrons. The van der Waals surface area contributed by atoms with Crippen molar-refractivity contribution in [3.8, 4) is 5.75 Å². The van der Waals surface area contributed by atoms with Crippen molar-refractivity contribution in [2.24, 2.45) is 5.92 Å². The van der Waals surface area contributed by atoms with Gasteiger partial charge >= 0.3 is 0 Å². The molecule has 0 amide bonds. The molecule has 0 saturated carbocycles. The molecule has 1 fully saturated rings. The minimum atomic E-state index is 0.166. The zero-order chi connectivity index (χ0) is 18.6. The molecule has 3 heterocycles. The number of fused-ring (bicyclic) bond motifs is 1. The van der Waals surface area contributed by atoms with Crippen LogP contribution in [0.25, 0.3) is 11.0 Å². The van der Waals surface area contributed by atoms with E-state index in [1.165, 1.54) is 0 Å². The van der Waals surface area contributed by atoms with Crippen LogP contribution in [0.4, 0.5) is 5.82 Å². The van der Waals surface area contributed by atoms with Gasteiger partial charge in [0, 0.05) is 19.0 Å². The summed E-state index contributed by atoms with van der Waals surface area (Å²) in [4.78, 5) is 22.2. The van der Waals surface area contributed by atoms with Crippen molar-refractivity contribution in [3.05, 3.63) is 42.4 Å². The van der Waals surface area contributed by atoms with Gasteiger partial charge in [0.15, 0.2) is 5.65 Å². The van der Waals surface area contributed by atoms with Gasteiger partial charge in [-0.05, 0) is 37.5 Å². The molecule has 4 rings (SSSR count). The molecule has 0 aliphatic carbocycles. The van der Waals surface area contributed by atoms with Gasteiger partial charge in [-0.3, -0.25) is 0 Å². The summed E-state index contributed by atoms with van der Waals surface area (Å²) < 4.78 is 7.48. The maximum atomic E-state index is 11.0. The summed E-state index contributed by atoms with van der Waals surface area (Å²) in [5.74, 6) is 1.93. The number of hydrogen-bond acceptors (Lipinski definition) is 6. The molecule has 2 aromatic heterocycles. The van der Waals surface area contributed by atoms with E-state index in [2.05, 4.69) is 26.0 Å². The number of carbonyl (C=O) groups is 1. The summed E-state index contributed by atoms with van der Waals surface area (Å²) >= 11 is 0. The Kier molecular flexibility index (Phi) is 5.00. The molecule has 0 bridgehead atoms. The van der Waals surface area contributed by atoms with Gasteiger partial charge in [0.25, 0.3) is 0 Å². The van der Waals surface area contributed by atoms with Gasteiger partial charge in [0.05, 0.1) is 24.7 Å². The van der Waals surface area contributed by atoms with Crippen LogP contribution in [0, 0.1) is 5.92 Å². The summed E-state index contributed by atoms with van der Waals surface area (Å²) in [5, 5.41) is 5.49. The normalized spacial score (nSPS) is 15.2. The largest absolute Gasteiger partial charge is 0.494 e. The van der Waals surface area contributed by atoms with E-state index in [0.717, 1.165) is 60.4 Å². The molecule has 0 N–H and O–H groups in total. The Morgan fingerprint density at radius 3 is 2.89 bits per heavy atom. The lowest BCUT2D eigenvalue weighted by Crippen LogP contribution is -2.34. The number of ether oxygens (including phenoxy) is 1. The van der Waals surface area contributed by atoms with Gasteiger partial charge in [-0.15, -0.1) is 0 Å². The fraction of sp³-hybridized carbons (Fsp3) is 0.400. The highest BCUT2D eigenvalue weighted by molar-refractivity contribution is 5.86. The molecule has 1 aliphatic heterocycles. The molecule has 27 heavy (non-hydrogen) atoms. The van der Waals surface area contributed by atoms with Gasteiger partial charge in [-0.1, -0.05) is 12.1 Å². The van der Waals surface area contributed by atoms with E-state index >= 15 is 0 Å². The highest BCUT2D eigenvalue weighted by Gasteiger charge is 2.22. The Balaban J connectivity index is 1.59. The van der Waals surface area contributed by atoms with Gasteiger partial charge in [0.2, 0.25) is 0 Å². The van der Waals surface area contributed by atoms with Gasteiger partial charge in [-0.2, -0.15) is 5.10 Å². The quantitative estimate of drug-likeness (QED) is 0.626. The molecule has 1 aromatic carbocycles. The Labute approximate surface area is 158 Å². The van der Waals surface area contributed by atoms with Gasteiger partial charge in [0.1, 0.15) is 24.2 Å². The third-order valence-corrected chi connectivity index (χ3v) is 4.99. The van der Waals surface area contributed by atoms with Crippen LogP contribution in [0.2, 0.25) is 0 Å². The Hall–Kier alpha value is -2.96. The maximum absolute atomic E-state index is 11.0. The molecular weight excluding hydrogens is 342 g/mol. The zero-order valence-electron chi connectivity index (χ0n) is 15.4.